The maximum atomic E-state index is 12.2. The predicted molar refractivity (Wildman–Crippen MR) is 143 cm³/mol. The van der Waals surface area contributed by atoms with Crippen LogP contribution in [0.4, 0.5) is 4.79 Å². The molecule has 7 nitrogen and oxygen atoms in total. The zero-order valence-electron chi connectivity index (χ0n) is 23.6. The lowest BCUT2D eigenvalue weighted by Crippen LogP contribution is -2.37. The Balaban J connectivity index is 4.17. The van der Waals surface area contributed by atoms with E-state index in [0.29, 0.717) is 39.6 Å². The van der Waals surface area contributed by atoms with Gasteiger partial charge in [0.1, 0.15) is 0 Å². The number of alkyl carbamates (subject to hydrolysis) is 1. The van der Waals surface area contributed by atoms with Crippen LogP contribution in [0.15, 0.2) is 0 Å². The van der Waals surface area contributed by atoms with Gasteiger partial charge in [0, 0.05) is 32.8 Å². The number of rotatable bonds is 26. The summed E-state index contributed by atoms with van der Waals surface area (Å²) in [6.07, 6.45) is 14.2. The first-order valence-corrected chi connectivity index (χ1v) is 14.2. The van der Waals surface area contributed by atoms with Crippen molar-refractivity contribution in [3.8, 4) is 0 Å². The molecular formula is C28H57NO6. The minimum atomic E-state index is -0.425. The van der Waals surface area contributed by atoms with E-state index in [2.05, 4.69) is 19.2 Å². The average Bonchev–Trinajstić information content (AvgIpc) is 2.85. The standard InChI is InChI=1S/C28H57NO6/c1-6-8-10-12-14-16-18-32-24-27(33-19-17-15-13-11-9-7-2)20-29-28(30)35-22-25(3)21-34-26(4)23-31-5/h25-27H,6-24H2,1-5H3,(H,29,30). The van der Waals surface area contributed by atoms with Crippen molar-refractivity contribution in [2.75, 3.05) is 53.3 Å². The Labute approximate surface area is 216 Å². The summed E-state index contributed by atoms with van der Waals surface area (Å²) in [6, 6.07) is 0. The molecule has 0 aromatic carbocycles. The number of hydrogen-bond acceptors (Lipinski definition) is 6. The summed E-state index contributed by atoms with van der Waals surface area (Å²) in [6.45, 7) is 12.1. The Kier molecular flexibility index (Phi) is 25.5. The van der Waals surface area contributed by atoms with E-state index >= 15 is 0 Å². The third kappa shape index (κ3) is 24.6. The summed E-state index contributed by atoms with van der Waals surface area (Å²) < 4.78 is 28.0. The van der Waals surface area contributed by atoms with Crippen molar-refractivity contribution in [1.29, 1.82) is 0 Å². The van der Waals surface area contributed by atoms with E-state index < -0.39 is 6.09 Å². The summed E-state index contributed by atoms with van der Waals surface area (Å²) in [5, 5.41) is 2.84. The molecule has 0 spiro atoms. The first-order valence-electron chi connectivity index (χ1n) is 14.2. The average molecular weight is 504 g/mol. The Bertz CT molecular complexity index is 451. The van der Waals surface area contributed by atoms with Crippen LogP contribution >= 0.6 is 0 Å². The van der Waals surface area contributed by atoms with Crippen LogP contribution in [-0.2, 0) is 23.7 Å². The number of nitrogens with one attached hydrogen (secondary N) is 1. The van der Waals surface area contributed by atoms with Crippen LogP contribution in [0, 0.1) is 5.92 Å². The lowest BCUT2D eigenvalue weighted by atomic mass is 10.1. The monoisotopic (exact) mass is 503 g/mol. The van der Waals surface area contributed by atoms with Crippen LogP contribution in [0.3, 0.4) is 0 Å². The number of unbranched alkanes of at least 4 members (excludes halogenated alkanes) is 10. The van der Waals surface area contributed by atoms with Crippen molar-refractivity contribution < 1.29 is 28.5 Å². The molecule has 35 heavy (non-hydrogen) atoms. The van der Waals surface area contributed by atoms with Gasteiger partial charge in [-0.2, -0.15) is 0 Å². The van der Waals surface area contributed by atoms with Crippen molar-refractivity contribution in [1.82, 2.24) is 5.32 Å². The summed E-state index contributed by atoms with van der Waals surface area (Å²) in [5.74, 6) is 0.112. The second-order valence-corrected chi connectivity index (χ2v) is 9.79. The lowest BCUT2D eigenvalue weighted by Gasteiger charge is -2.20. The van der Waals surface area contributed by atoms with Gasteiger partial charge in [0.25, 0.3) is 0 Å². The topological polar surface area (TPSA) is 75.3 Å². The van der Waals surface area contributed by atoms with Crippen LogP contribution in [-0.4, -0.2) is 71.6 Å². The van der Waals surface area contributed by atoms with Gasteiger partial charge in [-0.3, -0.25) is 0 Å². The molecule has 0 saturated carbocycles. The number of ether oxygens (including phenoxy) is 5. The quantitative estimate of drug-likeness (QED) is 0.135. The van der Waals surface area contributed by atoms with Gasteiger partial charge in [-0.05, 0) is 19.8 Å². The van der Waals surface area contributed by atoms with Gasteiger partial charge >= 0.3 is 6.09 Å². The Morgan fingerprint density at radius 1 is 0.714 bits per heavy atom. The lowest BCUT2D eigenvalue weighted by molar-refractivity contribution is -0.0201. The van der Waals surface area contributed by atoms with E-state index in [1.165, 1.54) is 64.2 Å². The van der Waals surface area contributed by atoms with Crippen molar-refractivity contribution in [3.63, 3.8) is 0 Å². The zero-order chi connectivity index (χ0) is 26.0. The fraction of sp³-hybridized carbons (Fsp3) is 0.964. The van der Waals surface area contributed by atoms with Crippen LogP contribution in [0.2, 0.25) is 0 Å². The van der Waals surface area contributed by atoms with E-state index in [1.807, 2.05) is 13.8 Å². The van der Waals surface area contributed by atoms with E-state index in [0.717, 1.165) is 19.4 Å². The van der Waals surface area contributed by atoms with E-state index in [4.69, 9.17) is 23.7 Å². The van der Waals surface area contributed by atoms with Crippen LogP contribution in [0.1, 0.15) is 105 Å². The molecule has 0 aliphatic rings. The van der Waals surface area contributed by atoms with E-state index in [-0.39, 0.29) is 18.1 Å². The third-order valence-electron chi connectivity index (χ3n) is 5.84. The SMILES string of the molecule is CCCCCCCCOCC(CNC(=O)OCC(C)COC(C)COC)OCCCCCCCC. The van der Waals surface area contributed by atoms with Crippen molar-refractivity contribution in [2.24, 2.45) is 5.92 Å². The molecule has 0 rings (SSSR count). The van der Waals surface area contributed by atoms with Crippen LogP contribution in [0.5, 0.6) is 0 Å². The molecule has 3 atom stereocenters. The molecule has 0 radical (unpaired) electrons. The number of carbonyl (C=O) groups excluding carboxylic acids is 1. The molecule has 7 heteroatoms. The third-order valence-corrected chi connectivity index (χ3v) is 5.84. The van der Waals surface area contributed by atoms with Crippen molar-refractivity contribution >= 4 is 6.09 Å². The Morgan fingerprint density at radius 2 is 1.31 bits per heavy atom. The molecular weight excluding hydrogens is 446 g/mol. The van der Waals surface area contributed by atoms with Gasteiger partial charge in [-0.15, -0.1) is 0 Å². The highest BCUT2D eigenvalue weighted by Gasteiger charge is 2.14. The Hall–Kier alpha value is -0.890. The van der Waals surface area contributed by atoms with E-state index in [1.54, 1.807) is 7.11 Å². The van der Waals surface area contributed by atoms with Gasteiger partial charge in [0.15, 0.2) is 0 Å². The molecule has 0 heterocycles. The van der Waals surface area contributed by atoms with Gasteiger partial charge in [0.05, 0.1) is 38.6 Å². The smallest absolute Gasteiger partial charge is 0.407 e. The molecule has 0 aliphatic carbocycles. The summed E-state index contributed by atoms with van der Waals surface area (Å²) in [4.78, 5) is 12.2. The first kappa shape index (κ1) is 34.1. The minimum Gasteiger partial charge on any atom is -0.449 e. The van der Waals surface area contributed by atoms with E-state index in [9.17, 15) is 4.79 Å². The normalized spacial score (nSPS) is 14.0. The second kappa shape index (κ2) is 26.2. The fourth-order valence-corrected chi connectivity index (χ4v) is 3.62. The molecule has 0 fully saturated rings. The molecule has 0 aromatic rings. The number of hydrogen-bond donors (Lipinski definition) is 1. The zero-order valence-corrected chi connectivity index (χ0v) is 23.6. The molecule has 0 saturated heterocycles. The van der Waals surface area contributed by atoms with Crippen molar-refractivity contribution in [2.45, 2.75) is 117 Å². The highest BCUT2D eigenvalue weighted by molar-refractivity contribution is 5.67. The number of carbonyl (C=O) groups is 1. The Morgan fingerprint density at radius 3 is 1.94 bits per heavy atom. The second-order valence-electron chi connectivity index (χ2n) is 9.79. The maximum absolute atomic E-state index is 12.2. The number of methoxy groups -OCH3 is 1. The molecule has 210 valence electrons. The minimum absolute atomic E-state index is 0.0252. The summed E-state index contributed by atoms with van der Waals surface area (Å²) >= 11 is 0. The highest BCUT2D eigenvalue weighted by atomic mass is 16.6. The first-order chi connectivity index (χ1) is 17.0. The molecule has 3 unspecified atom stereocenters. The number of amides is 1. The van der Waals surface area contributed by atoms with Gasteiger partial charge < -0.3 is 29.0 Å². The van der Waals surface area contributed by atoms with Crippen LogP contribution in [0.25, 0.3) is 0 Å². The highest BCUT2D eigenvalue weighted by Crippen LogP contribution is 2.08. The van der Waals surface area contributed by atoms with Gasteiger partial charge in [0.2, 0.25) is 0 Å². The summed E-state index contributed by atoms with van der Waals surface area (Å²) in [5.41, 5.74) is 0. The fourth-order valence-electron chi connectivity index (χ4n) is 3.62. The van der Waals surface area contributed by atoms with Gasteiger partial charge in [-0.1, -0.05) is 85.0 Å². The molecule has 0 aliphatic heterocycles. The van der Waals surface area contributed by atoms with Crippen molar-refractivity contribution in [3.05, 3.63) is 0 Å². The molecule has 1 N–H and O–H groups in total. The largest absolute Gasteiger partial charge is 0.449 e. The van der Waals surface area contributed by atoms with Gasteiger partial charge in [-0.25, -0.2) is 4.79 Å². The van der Waals surface area contributed by atoms with Crippen LogP contribution < -0.4 is 5.32 Å². The summed E-state index contributed by atoms with van der Waals surface area (Å²) in [7, 11) is 1.65. The molecule has 0 bridgehead atoms. The molecule has 1 amide bonds. The maximum Gasteiger partial charge on any atom is 0.407 e. The molecule has 0 aromatic heterocycles. The predicted octanol–water partition coefficient (Wildman–Crippen LogP) is 6.52.